The largest absolute Gasteiger partial charge is 0.386 e. The molecule has 0 aliphatic carbocycles. The van der Waals surface area contributed by atoms with Gasteiger partial charge in [0.1, 0.15) is 0 Å². The maximum absolute atomic E-state index is 12.0. The SMILES string of the molecule is CC(C)(C)c1ccc(NC(=O)NCc2ccc(C(C)(C)O)cc2)cc1. The van der Waals surface area contributed by atoms with E-state index in [2.05, 4.69) is 31.4 Å². The maximum atomic E-state index is 12.0. The molecule has 2 amide bonds. The summed E-state index contributed by atoms with van der Waals surface area (Å²) in [6.07, 6.45) is 0. The summed E-state index contributed by atoms with van der Waals surface area (Å²) in [5.41, 5.74) is 3.05. The molecule has 0 aromatic heterocycles. The third-order valence-electron chi connectivity index (χ3n) is 4.12. The average Bonchev–Trinajstić information content (AvgIpc) is 2.52. The minimum Gasteiger partial charge on any atom is -0.386 e. The number of anilines is 1. The van der Waals surface area contributed by atoms with E-state index in [1.807, 2.05) is 48.5 Å². The van der Waals surface area contributed by atoms with Crippen molar-refractivity contribution in [1.29, 1.82) is 0 Å². The van der Waals surface area contributed by atoms with Gasteiger partial charge in [-0.1, -0.05) is 57.2 Å². The van der Waals surface area contributed by atoms with Crippen molar-refractivity contribution in [3.8, 4) is 0 Å². The van der Waals surface area contributed by atoms with Crippen LogP contribution in [0.5, 0.6) is 0 Å². The van der Waals surface area contributed by atoms with Gasteiger partial charge in [0, 0.05) is 12.2 Å². The molecule has 2 aromatic rings. The van der Waals surface area contributed by atoms with Crippen LogP contribution in [-0.4, -0.2) is 11.1 Å². The summed E-state index contributed by atoms with van der Waals surface area (Å²) in [7, 11) is 0. The first-order chi connectivity index (χ1) is 11.6. The van der Waals surface area contributed by atoms with Crippen LogP contribution in [-0.2, 0) is 17.6 Å². The smallest absolute Gasteiger partial charge is 0.319 e. The van der Waals surface area contributed by atoms with Gasteiger partial charge in [0.05, 0.1) is 5.60 Å². The molecule has 0 saturated carbocycles. The van der Waals surface area contributed by atoms with E-state index in [-0.39, 0.29) is 11.4 Å². The number of nitrogens with one attached hydrogen (secondary N) is 2. The summed E-state index contributed by atoms with van der Waals surface area (Å²) in [5.74, 6) is 0. The second kappa shape index (κ2) is 7.28. The molecular weight excluding hydrogens is 312 g/mol. The van der Waals surface area contributed by atoms with Gasteiger partial charge in [-0.3, -0.25) is 0 Å². The van der Waals surface area contributed by atoms with Crippen molar-refractivity contribution in [3.05, 3.63) is 65.2 Å². The molecule has 2 rings (SSSR count). The average molecular weight is 340 g/mol. The number of aliphatic hydroxyl groups is 1. The zero-order valence-electron chi connectivity index (χ0n) is 15.7. The number of hydrogen-bond acceptors (Lipinski definition) is 2. The lowest BCUT2D eigenvalue weighted by Gasteiger charge is -2.19. The first kappa shape index (κ1) is 19.0. The van der Waals surface area contributed by atoms with Gasteiger partial charge >= 0.3 is 6.03 Å². The summed E-state index contributed by atoms with van der Waals surface area (Å²) in [6, 6.07) is 15.2. The van der Waals surface area contributed by atoms with Gasteiger partial charge in [0.15, 0.2) is 0 Å². The van der Waals surface area contributed by atoms with Crippen LogP contribution in [0.4, 0.5) is 10.5 Å². The van der Waals surface area contributed by atoms with Crippen LogP contribution in [0.1, 0.15) is 51.3 Å². The van der Waals surface area contributed by atoms with E-state index >= 15 is 0 Å². The molecule has 134 valence electrons. The van der Waals surface area contributed by atoms with Gasteiger partial charge in [0.2, 0.25) is 0 Å². The van der Waals surface area contributed by atoms with Crippen molar-refractivity contribution in [1.82, 2.24) is 5.32 Å². The number of rotatable bonds is 4. The number of carbonyl (C=O) groups is 1. The molecule has 25 heavy (non-hydrogen) atoms. The van der Waals surface area contributed by atoms with Crippen molar-refractivity contribution in [3.63, 3.8) is 0 Å². The second-order valence-electron chi connectivity index (χ2n) is 7.89. The van der Waals surface area contributed by atoms with Crippen LogP contribution >= 0.6 is 0 Å². The summed E-state index contributed by atoms with van der Waals surface area (Å²) in [6.45, 7) is 10.4. The summed E-state index contributed by atoms with van der Waals surface area (Å²) < 4.78 is 0. The highest BCUT2D eigenvalue weighted by Gasteiger charge is 2.15. The second-order valence-corrected chi connectivity index (χ2v) is 7.89. The lowest BCUT2D eigenvalue weighted by Crippen LogP contribution is -2.28. The fourth-order valence-electron chi connectivity index (χ4n) is 2.44. The van der Waals surface area contributed by atoms with E-state index in [0.29, 0.717) is 6.54 Å². The third kappa shape index (κ3) is 5.61. The van der Waals surface area contributed by atoms with Crippen molar-refractivity contribution < 1.29 is 9.90 Å². The topological polar surface area (TPSA) is 61.4 Å². The Morgan fingerprint density at radius 3 is 1.88 bits per heavy atom. The standard InChI is InChI=1S/C21H28N2O2/c1-20(2,3)16-10-12-18(13-11-16)23-19(24)22-14-15-6-8-17(9-7-15)21(4,5)25/h6-13,25H,14H2,1-5H3,(H2,22,23,24). The summed E-state index contributed by atoms with van der Waals surface area (Å²) >= 11 is 0. The molecule has 0 atom stereocenters. The van der Waals surface area contributed by atoms with Crippen molar-refractivity contribution in [2.24, 2.45) is 0 Å². The highest BCUT2D eigenvalue weighted by Crippen LogP contribution is 2.23. The van der Waals surface area contributed by atoms with E-state index in [9.17, 15) is 9.90 Å². The van der Waals surface area contributed by atoms with Gasteiger partial charge < -0.3 is 15.7 Å². The molecule has 4 heteroatoms. The monoisotopic (exact) mass is 340 g/mol. The summed E-state index contributed by atoms with van der Waals surface area (Å²) in [4.78, 5) is 12.0. The Balaban J connectivity index is 1.88. The minimum absolute atomic E-state index is 0.0933. The van der Waals surface area contributed by atoms with Crippen LogP contribution in [0.15, 0.2) is 48.5 Å². The number of urea groups is 1. The molecular formula is C21H28N2O2. The van der Waals surface area contributed by atoms with E-state index < -0.39 is 5.60 Å². The molecule has 0 aliphatic heterocycles. The van der Waals surface area contributed by atoms with Crippen molar-refractivity contribution in [2.45, 2.75) is 52.2 Å². The first-order valence-corrected chi connectivity index (χ1v) is 8.53. The van der Waals surface area contributed by atoms with E-state index in [1.165, 1.54) is 5.56 Å². The normalized spacial score (nSPS) is 11.9. The van der Waals surface area contributed by atoms with Gasteiger partial charge in [-0.25, -0.2) is 4.79 Å². The highest BCUT2D eigenvalue weighted by molar-refractivity contribution is 5.89. The Morgan fingerprint density at radius 2 is 1.40 bits per heavy atom. The Bertz CT molecular complexity index is 706. The fraction of sp³-hybridized carbons (Fsp3) is 0.381. The highest BCUT2D eigenvalue weighted by atomic mass is 16.3. The number of carbonyl (C=O) groups excluding carboxylic acids is 1. The molecule has 0 saturated heterocycles. The number of hydrogen-bond donors (Lipinski definition) is 3. The predicted molar refractivity (Wildman–Crippen MR) is 103 cm³/mol. The zero-order valence-corrected chi connectivity index (χ0v) is 15.7. The van der Waals surface area contributed by atoms with Crippen LogP contribution in [0.3, 0.4) is 0 Å². The van der Waals surface area contributed by atoms with E-state index in [0.717, 1.165) is 16.8 Å². The van der Waals surface area contributed by atoms with Gasteiger partial charge in [-0.15, -0.1) is 0 Å². The van der Waals surface area contributed by atoms with Gasteiger partial charge in [-0.05, 0) is 48.1 Å². The maximum Gasteiger partial charge on any atom is 0.319 e. The first-order valence-electron chi connectivity index (χ1n) is 8.53. The van der Waals surface area contributed by atoms with Crippen LogP contribution in [0.25, 0.3) is 0 Å². The lowest BCUT2D eigenvalue weighted by molar-refractivity contribution is 0.0786. The Kier molecular flexibility index (Phi) is 5.53. The molecule has 0 fully saturated rings. The molecule has 4 nitrogen and oxygen atoms in total. The van der Waals surface area contributed by atoms with Gasteiger partial charge in [-0.2, -0.15) is 0 Å². The van der Waals surface area contributed by atoms with Gasteiger partial charge in [0.25, 0.3) is 0 Å². The van der Waals surface area contributed by atoms with E-state index in [1.54, 1.807) is 13.8 Å². The molecule has 0 unspecified atom stereocenters. The fourth-order valence-corrected chi connectivity index (χ4v) is 2.44. The Hall–Kier alpha value is -2.33. The molecule has 0 radical (unpaired) electrons. The Labute approximate surface area is 150 Å². The molecule has 0 heterocycles. The Morgan fingerprint density at radius 1 is 0.880 bits per heavy atom. The molecule has 3 N–H and O–H groups in total. The number of amides is 2. The minimum atomic E-state index is -0.859. The van der Waals surface area contributed by atoms with Crippen LogP contribution < -0.4 is 10.6 Å². The van der Waals surface area contributed by atoms with Crippen molar-refractivity contribution >= 4 is 11.7 Å². The molecule has 0 spiro atoms. The molecule has 2 aromatic carbocycles. The third-order valence-corrected chi connectivity index (χ3v) is 4.12. The quantitative estimate of drug-likeness (QED) is 0.765. The van der Waals surface area contributed by atoms with Crippen LogP contribution in [0, 0.1) is 0 Å². The van der Waals surface area contributed by atoms with Crippen LogP contribution in [0.2, 0.25) is 0 Å². The predicted octanol–water partition coefficient (Wildman–Crippen LogP) is 4.53. The van der Waals surface area contributed by atoms with E-state index in [4.69, 9.17) is 0 Å². The number of benzene rings is 2. The summed E-state index contributed by atoms with van der Waals surface area (Å²) in [5, 5.41) is 15.6. The zero-order chi connectivity index (χ0) is 18.7. The molecule has 0 bridgehead atoms. The molecule has 0 aliphatic rings. The lowest BCUT2D eigenvalue weighted by atomic mass is 9.87. The van der Waals surface area contributed by atoms with Crippen molar-refractivity contribution in [2.75, 3.05) is 5.32 Å².